The Bertz CT molecular complexity index is 815. The molecule has 0 radical (unpaired) electrons. The number of amides is 3. The zero-order chi connectivity index (χ0) is 21.2. The number of benzene rings is 1. The second kappa shape index (κ2) is 11.4. The third-order valence-electron chi connectivity index (χ3n) is 4.08. The summed E-state index contributed by atoms with van der Waals surface area (Å²) in [6.45, 7) is 5.82. The average molecular weight is 419 g/mol. The molecule has 0 aliphatic carbocycles. The lowest BCUT2D eigenvalue weighted by molar-refractivity contribution is 0.0949. The number of hydrogen-bond donors (Lipinski definition) is 2. The summed E-state index contributed by atoms with van der Waals surface area (Å²) in [5, 5.41) is 5.93. The highest BCUT2D eigenvalue weighted by molar-refractivity contribution is 6.34. The summed E-state index contributed by atoms with van der Waals surface area (Å²) >= 11 is 6.26. The van der Waals surface area contributed by atoms with Crippen LogP contribution in [0, 0.1) is 5.92 Å². The highest BCUT2D eigenvalue weighted by Gasteiger charge is 2.16. The number of rotatable bonds is 9. The Kier molecular flexibility index (Phi) is 8.89. The number of nitrogens with one attached hydrogen (secondary N) is 2. The Morgan fingerprint density at radius 2 is 2.07 bits per heavy atom. The second-order valence-corrected chi connectivity index (χ2v) is 7.41. The summed E-state index contributed by atoms with van der Waals surface area (Å²) in [7, 11) is 1.59. The molecule has 2 aromatic rings. The van der Waals surface area contributed by atoms with Gasteiger partial charge >= 0.3 is 6.03 Å². The maximum Gasteiger partial charge on any atom is 0.322 e. The number of aromatic nitrogens is 1. The van der Waals surface area contributed by atoms with Gasteiger partial charge in [-0.2, -0.15) is 0 Å². The van der Waals surface area contributed by atoms with Crippen molar-refractivity contribution in [2.24, 2.45) is 5.92 Å². The van der Waals surface area contributed by atoms with Crippen LogP contribution >= 0.6 is 11.6 Å². The molecule has 0 aliphatic rings. The molecule has 156 valence electrons. The average Bonchev–Trinajstić information content (AvgIpc) is 2.70. The minimum Gasteiger partial charge on any atom is -0.383 e. The largest absolute Gasteiger partial charge is 0.383 e. The summed E-state index contributed by atoms with van der Waals surface area (Å²) in [4.78, 5) is 30.7. The van der Waals surface area contributed by atoms with Crippen molar-refractivity contribution in [3.63, 3.8) is 0 Å². The van der Waals surface area contributed by atoms with E-state index < -0.39 is 0 Å². The minimum absolute atomic E-state index is 0.236. The third-order valence-corrected chi connectivity index (χ3v) is 4.40. The van der Waals surface area contributed by atoms with Crippen LogP contribution in [0.2, 0.25) is 5.02 Å². The van der Waals surface area contributed by atoms with Crippen molar-refractivity contribution < 1.29 is 14.3 Å². The molecule has 0 aliphatic heterocycles. The molecule has 1 heterocycles. The van der Waals surface area contributed by atoms with Crippen molar-refractivity contribution in [2.75, 3.05) is 32.1 Å². The van der Waals surface area contributed by atoms with Gasteiger partial charge in [0.1, 0.15) is 0 Å². The van der Waals surface area contributed by atoms with E-state index in [0.29, 0.717) is 43.4 Å². The van der Waals surface area contributed by atoms with Gasteiger partial charge in [-0.05, 0) is 35.7 Å². The molecular formula is C21H27ClN4O3. The smallest absolute Gasteiger partial charge is 0.322 e. The maximum absolute atomic E-state index is 12.7. The van der Waals surface area contributed by atoms with E-state index in [1.54, 1.807) is 42.6 Å². The fourth-order valence-electron chi connectivity index (χ4n) is 2.54. The molecule has 7 nitrogen and oxygen atoms in total. The van der Waals surface area contributed by atoms with E-state index in [-0.39, 0.29) is 17.0 Å². The number of carbonyl (C=O) groups is 2. The van der Waals surface area contributed by atoms with Crippen LogP contribution in [0.25, 0.3) is 0 Å². The standard InChI is InChI=1S/C21H27ClN4O3/c1-15(2)12-24-20(27)18-7-6-17(11-19(18)22)25-21(28)26(9-10-29-3)14-16-5-4-8-23-13-16/h4-8,11,13,15H,9-10,12,14H2,1-3H3,(H,24,27)(H,25,28). The Balaban J connectivity index is 2.06. The first kappa shape index (κ1) is 22.6. The molecule has 0 bridgehead atoms. The summed E-state index contributed by atoms with van der Waals surface area (Å²) in [5.41, 5.74) is 1.79. The van der Waals surface area contributed by atoms with Gasteiger partial charge in [0.2, 0.25) is 0 Å². The molecule has 1 aromatic carbocycles. The second-order valence-electron chi connectivity index (χ2n) is 7.00. The molecule has 3 amide bonds. The van der Waals surface area contributed by atoms with Gasteiger partial charge in [-0.15, -0.1) is 0 Å². The summed E-state index contributed by atoms with van der Waals surface area (Å²) < 4.78 is 5.11. The number of nitrogens with zero attached hydrogens (tertiary/aromatic N) is 2. The molecule has 29 heavy (non-hydrogen) atoms. The van der Waals surface area contributed by atoms with Crippen LogP contribution in [0.5, 0.6) is 0 Å². The van der Waals surface area contributed by atoms with Crippen LogP contribution in [0.3, 0.4) is 0 Å². The van der Waals surface area contributed by atoms with E-state index in [9.17, 15) is 9.59 Å². The van der Waals surface area contributed by atoms with Crippen LogP contribution in [0.15, 0.2) is 42.7 Å². The normalized spacial score (nSPS) is 10.7. The first-order valence-electron chi connectivity index (χ1n) is 9.42. The summed E-state index contributed by atoms with van der Waals surface area (Å²) in [6.07, 6.45) is 3.40. The third kappa shape index (κ3) is 7.36. The predicted molar refractivity (Wildman–Crippen MR) is 114 cm³/mol. The van der Waals surface area contributed by atoms with Gasteiger partial charge in [0.05, 0.1) is 17.2 Å². The Morgan fingerprint density at radius 1 is 1.28 bits per heavy atom. The molecular weight excluding hydrogens is 392 g/mol. The highest BCUT2D eigenvalue weighted by atomic mass is 35.5. The fourth-order valence-corrected chi connectivity index (χ4v) is 2.80. The predicted octanol–water partition coefficient (Wildman–Crippen LogP) is 3.80. The van der Waals surface area contributed by atoms with Crippen molar-refractivity contribution in [1.29, 1.82) is 0 Å². The first-order valence-corrected chi connectivity index (χ1v) is 9.80. The molecule has 0 saturated carbocycles. The van der Waals surface area contributed by atoms with Gasteiger partial charge in [0.25, 0.3) is 5.91 Å². The summed E-state index contributed by atoms with van der Waals surface area (Å²) in [5.74, 6) is 0.106. The number of carbonyl (C=O) groups excluding carboxylic acids is 2. The van der Waals surface area contributed by atoms with E-state index in [2.05, 4.69) is 15.6 Å². The molecule has 0 atom stereocenters. The van der Waals surface area contributed by atoms with Crippen molar-refractivity contribution in [2.45, 2.75) is 20.4 Å². The molecule has 0 fully saturated rings. The number of halogens is 1. The highest BCUT2D eigenvalue weighted by Crippen LogP contribution is 2.21. The molecule has 1 aromatic heterocycles. The number of hydrogen-bond acceptors (Lipinski definition) is 4. The zero-order valence-corrected chi connectivity index (χ0v) is 17.7. The quantitative estimate of drug-likeness (QED) is 0.648. The van der Waals surface area contributed by atoms with E-state index in [1.807, 2.05) is 26.0 Å². The van der Waals surface area contributed by atoms with Gasteiger partial charge in [-0.3, -0.25) is 9.78 Å². The molecule has 0 spiro atoms. The lowest BCUT2D eigenvalue weighted by Crippen LogP contribution is -2.36. The molecule has 8 heteroatoms. The van der Waals surface area contributed by atoms with Gasteiger partial charge in [-0.1, -0.05) is 31.5 Å². The van der Waals surface area contributed by atoms with Crippen molar-refractivity contribution >= 4 is 29.2 Å². The van der Waals surface area contributed by atoms with Gasteiger partial charge < -0.3 is 20.3 Å². The number of pyridine rings is 1. The van der Waals surface area contributed by atoms with Crippen molar-refractivity contribution in [1.82, 2.24) is 15.2 Å². The van der Waals surface area contributed by atoms with Gasteiger partial charge in [0.15, 0.2) is 0 Å². The van der Waals surface area contributed by atoms with Gasteiger partial charge in [-0.25, -0.2) is 4.79 Å². The lowest BCUT2D eigenvalue weighted by atomic mass is 10.1. The maximum atomic E-state index is 12.7. The topological polar surface area (TPSA) is 83.6 Å². The number of methoxy groups -OCH3 is 1. The van der Waals surface area contributed by atoms with Crippen LogP contribution in [0.4, 0.5) is 10.5 Å². The van der Waals surface area contributed by atoms with E-state index in [4.69, 9.17) is 16.3 Å². The summed E-state index contributed by atoms with van der Waals surface area (Å²) in [6, 6.07) is 8.27. The molecule has 0 saturated heterocycles. The molecule has 2 rings (SSSR count). The number of anilines is 1. The fraction of sp³-hybridized carbons (Fsp3) is 0.381. The molecule has 2 N–H and O–H groups in total. The van der Waals surface area contributed by atoms with E-state index >= 15 is 0 Å². The van der Waals surface area contributed by atoms with Crippen LogP contribution in [-0.2, 0) is 11.3 Å². The monoisotopic (exact) mass is 418 g/mol. The van der Waals surface area contributed by atoms with Crippen LogP contribution in [-0.4, -0.2) is 48.6 Å². The van der Waals surface area contributed by atoms with Crippen molar-refractivity contribution in [3.05, 3.63) is 58.9 Å². The van der Waals surface area contributed by atoms with Crippen LogP contribution < -0.4 is 10.6 Å². The Labute approximate surface area is 176 Å². The van der Waals surface area contributed by atoms with Gasteiger partial charge in [0, 0.05) is 44.8 Å². The number of urea groups is 1. The number of ether oxygens (including phenoxy) is 1. The SMILES string of the molecule is COCCN(Cc1cccnc1)C(=O)Nc1ccc(C(=O)NCC(C)C)c(Cl)c1. The lowest BCUT2D eigenvalue weighted by Gasteiger charge is -2.23. The molecule has 0 unspecified atom stereocenters. The van der Waals surface area contributed by atoms with E-state index in [1.165, 1.54) is 0 Å². The van der Waals surface area contributed by atoms with Crippen LogP contribution in [0.1, 0.15) is 29.8 Å². The van der Waals surface area contributed by atoms with Crippen molar-refractivity contribution in [3.8, 4) is 0 Å². The Morgan fingerprint density at radius 3 is 2.69 bits per heavy atom. The van der Waals surface area contributed by atoms with E-state index in [0.717, 1.165) is 5.56 Å². The zero-order valence-electron chi connectivity index (χ0n) is 16.9. The minimum atomic E-state index is -0.293. The first-order chi connectivity index (χ1) is 13.9. The Hall–Kier alpha value is -2.64.